The van der Waals surface area contributed by atoms with Gasteiger partial charge in [0.1, 0.15) is 6.26 Å². The van der Waals surface area contributed by atoms with Crippen molar-refractivity contribution in [2.45, 2.75) is 56.3 Å². The third-order valence-corrected chi connectivity index (χ3v) is 6.93. The zero-order chi connectivity index (χ0) is 16.1. The summed E-state index contributed by atoms with van der Waals surface area (Å²) in [4.78, 5) is 14.9. The summed E-state index contributed by atoms with van der Waals surface area (Å²) in [5, 5.41) is 3.11. The molecule has 24 heavy (non-hydrogen) atoms. The lowest BCUT2D eigenvalue weighted by Gasteiger charge is -2.29. The van der Waals surface area contributed by atoms with Crippen LogP contribution in [0.2, 0.25) is 0 Å². The van der Waals surface area contributed by atoms with Gasteiger partial charge < -0.3 is 14.5 Å². The Bertz CT molecular complexity index is 610. The summed E-state index contributed by atoms with van der Waals surface area (Å²) in [6, 6.07) is 2.49. The molecule has 1 aromatic rings. The topological polar surface area (TPSA) is 54.7 Å². The third-order valence-electron chi connectivity index (χ3n) is 6.93. The minimum absolute atomic E-state index is 0.0359. The number of hydrogen-bond acceptors (Lipinski definition) is 4. The molecule has 0 unspecified atom stereocenters. The van der Waals surface area contributed by atoms with E-state index in [9.17, 15) is 4.79 Å². The summed E-state index contributed by atoms with van der Waals surface area (Å²) in [5.41, 5.74) is 0.686. The predicted octanol–water partition coefficient (Wildman–Crippen LogP) is 2.43. The fraction of sp³-hybridized carbons (Fsp3) is 0.737. The monoisotopic (exact) mass is 330 g/mol. The normalized spacial score (nSPS) is 38.8. The Morgan fingerprint density at radius 3 is 3.00 bits per heavy atom. The number of hydrogen-bond donors (Lipinski definition) is 1. The Labute approximate surface area is 142 Å². The number of rotatable bonds is 4. The molecule has 1 aliphatic carbocycles. The van der Waals surface area contributed by atoms with Crippen LogP contribution in [-0.2, 0) is 4.74 Å². The van der Waals surface area contributed by atoms with Gasteiger partial charge in [-0.3, -0.25) is 9.69 Å². The molecule has 1 spiro atoms. The Balaban J connectivity index is 1.27. The number of likely N-dealkylation sites (tertiary alicyclic amines) is 1. The molecule has 5 heteroatoms. The van der Waals surface area contributed by atoms with Crippen molar-refractivity contribution in [2.24, 2.45) is 11.8 Å². The highest BCUT2D eigenvalue weighted by Gasteiger charge is 2.63. The van der Waals surface area contributed by atoms with E-state index in [0.717, 1.165) is 32.1 Å². The van der Waals surface area contributed by atoms with Crippen LogP contribution in [0.4, 0.5) is 0 Å². The molecule has 0 radical (unpaired) electrons. The number of fused-ring (bicyclic) bond motifs is 1. The van der Waals surface area contributed by atoms with Crippen molar-refractivity contribution < 1.29 is 13.9 Å². The number of amides is 1. The third kappa shape index (κ3) is 2.25. The standard InChI is InChI=1S/C19H26N2O3/c22-18(13-6-8-23-11-13)20-9-15-16-10-21(14-3-1-2-4-14)12-19(16)7-5-17(15)24-19/h6,8,11,14-17H,1-5,7,9-10,12H2,(H,20,22)/t15-,16+,17+,19+/m0/s1. The molecule has 4 fully saturated rings. The number of carbonyl (C=O) groups excluding carboxylic acids is 1. The van der Waals surface area contributed by atoms with E-state index in [1.54, 1.807) is 12.3 Å². The Morgan fingerprint density at radius 1 is 1.33 bits per heavy atom. The van der Waals surface area contributed by atoms with E-state index in [1.165, 1.54) is 38.4 Å². The number of carbonyl (C=O) groups is 1. The van der Waals surface area contributed by atoms with E-state index in [1.807, 2.05) is 0 Å². The van der Waals surface area contributed by atoms with E-state index in [-0.39, 0.29) is 11.5 Å². The van der Waals surface area contributed by atoms with Crippen LogP contribution >= 0.6 is 0 Å². The quantitative estimate of drug-likeness (QED) is 0.921. The summed E-state index contributed by atoms with van der Waals surface area (Å²) >= 11 is 0. The SMILES string of the molecule is O=C(NC[C@H]1[C@H]2CN(C3CCCC3)C[C@]23CC[C@H]1O3)c1ccoc1. The van der Waals surface area contributed by atoms with E-state index in [0.29, 0.717) is 23.5 Å². The molecular formula is C19H26N2O3. The second-order valence-corrected chi connectivity index (χ2v) is 8.12. The maximum Gasteiger partial charge on any atom is 0.254 e. The van der Waals surface area contributed by atoms with Crippen molar-refractivity contribution in [3.05, 3.63) is 24.2 Å². The second-order valence-electron chi connectivity index (χ2n) is 8.12. The van der Waals surface area contributed by atoms with E-state index in [4.69, 9.17) is 9.15 Å². The van der Waals surface area contributed by atoms with Gasteiger partial charge in [0.25, 0.3) is 5.91 Å². The van der Waals surface area contributed by atoms with Gasteiger partial charge in [0.15, 0.2) is 0 Å². The van der Waals surface area contributed by atoms with E-state index in [2.05, 4.69) is 10.2 Å². The summed E-state index contributed by atoms with van der Waals surface area (Å²) in [6.07, 6.45) is 11.2. The molecule has 130 valence electrons. The number of ether oxygens (including phenoxy) is 1. The molecule has 4 aliphatic rings. The maximum atomic E-state index is 12.2. The van der Waals surface area contributed by atoms with Crippen LogP contribution < -0.4 is 5.32 Å². The number of furan rings is 1. The minimum atomic E-state index is -0.0359. The first-order chi connectivity index (χ1) is 11.8. The van der Waals surface area contributed by atoms with Gasteiger partial charge in [-0.25, -0.2) is 0 Å². The molecule has 1 aromatic heterocycles. The van der Waals surface area contributed by atoms with Crippen LogP contribution in [0.3, 0.4) is 0 Å². The molecule has 4 heterocycles. The largest absolute Gasteiger partial charge is 0.472 e. The zero-order valence-corrected chi connectivity index (χ0v) is 14.1. The summed E-state index contributed by atoms with van der Waals surface area (Å²) in [5.74, 6) is 1.01. The maximum absolute atomic E-state index is 12.2. The summed E-state index contributed by atoms with van der Waals surface area (Å²) in [6.45, 7) is 3.00. The first-order valence-corrected chi connectivity index (χ1v) is 9.47. The van der Waals surface area contributed by atoms with E-state index >= 15 is 0 Å². The summed E-state index contributed by atoms with van der Waals surface area (Å²) in [7, 11) is 0. The lowest BCUT2D eigenvalue weighted by Crippen LogP contribution is -2.41. The Hall–Kier alpha value is -1.33. The van der Waals surface area contributed by atoms with Gasteiger partial charge in [-0.15, -0.1) is 0 Å². The smallest absolute Gasteiger partial charge is 0.254 e. The minimum Gasteiger partial charge on any atom is -0.472 e. The van der Waals surface area contributed by atoms with Crippen molar-refractivity contribution in [1.82, 2.24) is 10.2 Å². The molecule has 5 nitrogen and oxygen atoms in total. The summed E-state index contributed by atoms with van der Waals surface area (Å²) < 4.78 is 11.5. The fourth-order valence-electron chi connectivity index (χ4n) is 5.75. The van der Waals surface area contributed by atoms with Crippen LogP contribution in [0.15, 0.2) is 23.0 Å². The van der Waals surface area contributed by atoms with Crippen molar-refractivity contribution in [1.29, 1.82) is 0 Å². The van der Waals surface area contributed by atoms with Crippen LogP contribution in [0.1, 0.15) is 48.9 Å². The van der Waals surface area contributed by atoms with Gasteiger partial charge in [0.2, 0.25) is 0 Å². The highest BCUT2D eigenvalue weighted by atomic mass is 16.5. The number of nitrogens with zero attached hydrogens (tertiary/aromatic N) is 1. The van der Waals surface area contributed by atoms with Gasteiger partial charge >= 0.3 is 0 Å². The molecule has 5 rings (SSSR count). The van der Waals surface area contributed by atoms with Gasteiger partial charge in [-0.2, -0.15) is 0 Å². The van der Waals surface area contributed by atoms with Gasteiger partial charge in [0.05, 0.1) is 23.5 Å². The molecule has 3 saturated heterocycles. The van der Waals surface area contributed by atoms with Crippen molar-refractivity contribution in [3.8, 4) is 0 Å². The zero-order valence-electron chi connectivity index (χ0n) is 14.1. The van der Waals surface area contributed by atoms with Crippen LogP contribution in [0.25, 0.3) is 0 Å². The molecular weight excluding hydrogens is 304 g/mol. The van der Waals surface area contributed by atoms with Crippen LogP contribution in [-0.4, -0.2) is 48.2 Å². The van der Waals surface area contributed by atoms with Crippen LogP contribution in [0, 0.1) is 11.8 Å². The first-order valence-electron chi connectivity index (χ1n) is 9.47. The first kappa shape index (κ1) is 15.0. The molecule has 1 amide bonds. The van der Waals surface area contributed by atoms with E-state index < -0.39 is 0 Å². The van der Waals surface area contributed by atoms with Crippen molar-refractivity contribution in [3.63, 3.8) is 0 Å². The van der Waals surface area contributed by atoms with Gasteiger partial charge in [-0.05, 0) is 31.7 Å². The number of nitrogens with one attached hydrogen (secondary N) is 1. The molecule has 1 saturated carbocycles. The predicted molar refractivity (Wildman–Crippen MR) is 88.7 cm³/mol. The molecule has 4 atom stereocenters. The van der Waals surface area contributed by atoms with Crippen molar-refractivity contribution >= 4 is 5.91 Å². The Morgan fingerprint density at radius 2 is 2.21 bits per heavy atom. The average Bonchev–Trinajstić information content (AvgIpc) is 3.39. The second kappa shape index (κ2) is 5.60. The van der Waals surface area contributed by atoms with Crippen LogP contribution in [0.5, 0.6) is 0 Å². The van der Waals surface area contributed by atoms with Gasteiger partial charge in [0, 0.05) is 37.5 Å². The Kier molecular flexibility index (Phi) is 3.49. The lowest BCUT2D eigenvalue weighted by molar-refractivity contribution is -0.000874. The average molecular weight is 330 g/mol. The fourth-order valence-corrected chi connectivity index (χ4v) is 5.75. The molecule has 1 N–H and O–H groups in total. The highest BCUT2D eigenvalue weighted by Crippen LogP contribution is 2.55. The molecule has 3 aliphatic heterocycles. The molecule has 2 bridgehead atoms. The highest BCUT2D eigenvalue weighted by molar-refractivity contribution is 5.93. The lowest BCUT2D eigenvalue weighted by atomic mass is 9.73. The van der Waals surface area contributed by atoms with Gasteiger partial charge in [-0.1, -0.05) is 12.8 Å². The molecule has 0 aromatic carbocycles. The van der Waals surface area contributed by atoms with Crippen molar-refractivity contribution in [2.75, 3.05) is 19.6 Å².